The predicted octanol–water partition coefficient (Wildman–Crippen LogP) is 2.91. The number of nitrogens with two attached hydrogens (primary N) is 1. The number of thiazole rings is 1. The first-order chi connectivity index (χ1) is 16.7. The quantitative estimate of drug-likeness (QED) is 0.334. The molecule has 0 spiro atoms. The molecule has 0 radical (unpaired) electrons. The van der Waals surface area contributed by atoms with Crippen molar-refractivity contribution in [1.82, 2.24) is 14.3 Å². The molecule has 2 aromatic carbocycles. The van der Waals surface area contributed by atoms with Crippen LogP contribution in [0.3, 0.4) is 0 Å². The van der Waals surface area contributed by atoms with Crippen molar-refractivity contribution >= 4 is 38.3 Å². The van der Waals surface area contributed by atoms with Crippen LogP contribution in [-0.4, -0.2) is 42.0 Å². The first kappa shape index (κ1) is 24.3. The molecule has 2 aromatic heterocycles. The summed E-state index contributed by atoms with van der Waals surface area (Å²) in [7, 11) is -3.48. The predicted molar refractivity (Wildman–Crippen MR) is 137 cm³/mol. The molecule has 0 fully saturated rings. The Bertz CT molecular complexity index is 1490. The van der Waals surface area contributed by atoms with E-state index < -0.39 is 21.8 Å². The second-order valence-corrected chi connectivity index (χ2v) is 10.5. The monoisotopic (exact) mass is 509 g/mol. The van der Waals surface area contributed by atoms with Crippen molar-refractivity contribution in [2.24, 2.45) is 5.73 Å². The van der Waals surface area contributed by atoms with E-state index in [1.165, 1.54) is 29.8 Å². The van der Waals surface area contributed by atoms with E-state index in [0.717, 1.165) is 32.5 Å². The van der Waals surface area contributed by atoms with Gasteiger partial charge in [0.15, 0.2) is 5.13 Å². The number of carbonyl (C=O) groups is 2. The van der Waals surface area contributed by atoms with Crippen LogP contribution in [-0.2, 0) is 21.4 Å². The Hall–Kier alpha value is -3.80. The minimum Gasteiger partial charge on any atom is -0.343 e. The van der Waals surface area contributed by atoms with Crippen molar-refractivity contribution in [3.05, 3.63) is 83.5 Å². The number of nitrogens with one attached hydrogen (secondary N) is 2. The number of hydrogen-bond donors (Lipinski definition) is 3. The van der Waals surface area contributed by atoms with Crippen molar-refractivity contribution in [1.29, 1.82) is 0 Å². The zero-order chi connectivity index (χ0) is 25.0. The summed E-state index contributed by atoms with van der Waals surface area (Å²) in [6.07, 6.45) is 3.49. The maximum absolute atomic E-state index is 12.3. The maximum atomic E-state index is 12.3. The summed E-state index contributed by atoms with van der Waals surface area (Å²) in [4.78, 5) is 29.0. The van der Waals surface area contributed by atoms with Gasteiger partial charge in [0.25, 0.3) is 5.91 Å². The van der Waals surface area contributed by atoms with E-state index in [0.29, 0.717) is 17.4 Å². The van der Waals surface area contributed by atoms with Crippen molar-refractivity contribution in [2.75, 3.05) is 18.1 Å². The number of aromatic nitrogens is 2. The van der Waals surface area contributed by atoms with Gasteiger partial charge < -0.3 is 16.4 Å². The van der Waals surface area contributed by atoms with E-state index in [9.17, 15) is 18.0 Å². The first-order valence-electron chi connectivity index (χ1n) is 10.5. The lowest BCUT2D eigenvalue weighted by molar-refractivity contribution is -0.115. The number of carbonyl (C=O) groups excluding carboxylic acids is 2. The van der Waals surface area contributed by atoms with E-state index in [-0.39, 0.29) is 12.1 Å². The molecule has 2 amide bonds. The number of rotatable bonds is 8. The second kappa shape index (κ2) is 10.2. The summed E-state index contributed by atoms with van der Waals surface area (Å²) in [5.41, 5.74) is 10.6. The third-order valence-corrected chi connectivity index (χ3v) is 6.88. The van der Waals surface area contributed by atoms with E-state index in [1.807, 2.05) is 47.8 Å². The molecule has 0 saturated carbocycles. The molecule has 9 nitrogen and oxygen atoms in total. The second-order valence-electron chi connectivity index (χ2n) is 7.75. The van der Waals surface area contributed by atoms with Gasteiger partial charge in [0.1, 0.15) is 0 Å². The Morgan fingerprint density at radius 1 is 1.06 bits per heavy atom. The standard InChI is InChI=1S/C24H23N5O4S2/c1-35(32,33)29-9-8-20(14-29)23(31)26-13-22(30)28-24-27-21(15-34-24)19-7-3-6-18(11-19)17-5-2-4-16(10-17)12-25/h2-11,14-15H,12-13,25H2,1H3,(H,26,31)(H,27,28,30). The number of hydrogen-bond acceptors (Lipinski definition) is 7. The van der Waals surface area contributed by atoms with Crippen LogP contribution in [0.2, 0.25) is 0 Å². The van der Waals surface area contributed by atoms with Crippen LogP contribution in [0.4, 0.5) is 5.13 Å². The maximum Gasteiger partial charge on any atom is 0.253 e. The van der Waals surface area contributed by atoms with Crippen LogP contribution in [0.5, 0.6) is 0 Å². The number of nitrogens with zero attached hydrogens (tertiary/aromatic N) is 2. The summed E-state index contributed by atoms with van der Waals surface area (Å²) in [5.74, 6) is -1.01. The fourth-order valence-electron chi connectivity index (χ4n) is 3.34. The molecule has 0 aliphatic rings. The van der Waals surface area contributed by atoms with Crippen LogP contribution < -0.4 is 16.4 Å². The summed E-state index contributed by atoms with van der Waals surface area (Å²) in [6.45, 7) is 0.182. The molecule has 35 heavy (non-hydrogen) atoms. The Morgan fingerprint density at radius 3 is 2.49 bits per heavy atom. The van der Waals surface area contributed by atoms with E-state index in [4.69, 9.17) is 5.73 Å². The molecule has 0 unspecified atom stereocenters. The van der Waals surface area contributed by atoms with Crippen molar-refractivity contribution in [2.45, 2.75) is 6.54 Å². The first-order valence-corrected chi connectivity index (χ1v) is 13.3. The zero-order valence-electron chi connectivity index (χ0n) is 18.8. The van der Waals surface area contributed by atoms with Gasteiger partial charge in [-0.3, -0.25) is 13.6 Å². The van der Waals surface area contributed by atoms with E-state index >= 15 is 0 Å². The minimum absolute atomic E-state index is 0.136. The van der Waals surface area contributed by atoms with Gasteiger partial charge in [-0.25, -0.2) is 13.4 Å². The zero-order valence-corrected chi connectivity index (χ0v) is 20.4. The molecular formula is C24H23N5O4S2. The number of anilines is 1. The molecule has 11 heteroatoms. The Morgan fingerprint density at radius 2 is 1.77 bits per heavy atom. The van der Waals surface area contributed by atoms with Crippen LogP contribution in [0.25, 0.3) is 22.4 Å². The third-order valence-electron chi connectivity index (χ3n) is 5.13. The molecule has 0 aliphatic heterocycles. The lowest BCUT2D eigenvalue weighted by Crippen LogP contribution is -2.32. The molecule has 0 saturated heterocycles. The Balaban J connectivity index is 1.38. The highest BCUT2D eigenvalue weighted by Crippen LogP contribution is 2.29. The summed E-state index contributed by atoms with van der Waals surface area (Å²) in [6, 6.07) is 17.3. The van der Waals surface area contributed by atoms with Crippen LogP contribution in [0.15, 0.2) is 72.4 Å². The van der Waals surface area contributed by atoms with E-state index in [1.54, 1.807) is 0 Å². The lowest BCUT2D eigenvalue weighted by atomic mass is 10.0. The molecule has 4 aromatic rings. The van der Waals surface area contributed by atoms with Gasteiger partial charge in [-0.2, -0.15) is 0 Å². The third kappa shape index (κ3) is 6.01. The smallest absolute Gasteiger partial charge is 0.253 e. The molecule has 4 N–H and O–H groups in total. The summed E-state index contributed by atoms with van der Waals surface area (Å²) in [5, 5.41) is 7.38. The van der Waals surface area contributed by atoms with Crippen LogP contribution in [0.1, 0.15) is 15.9 Å². The number of benzene rings is 2. The Labute approximate surface area is 206 Å². The van der Waals surface area contributed by atoms with Crippen LogP contribution in [0, 0.1) is 0 Å². The highest BCUT2D eigenvalue weighted by atomic mass is 32.2. The topological polar surface area (TPSA) is 136 Å². The molecule has 0 bridgehead atoms. The SMILES string of the molecule is CS(=O)(=O)n1ccc(C(=O)NCC(=O)Nc2nc(-c3cccc(-c4cccc(CN)c4)c3)cs2)c1. The average Bonchev–Trinajstić information content (AvgIpc) is 3.53. The van der Waals surface area contributed by atoms with Crippen molar-refractivity contribution < 1.29 is 18.0 Å². The van der Waals surface area contributed by atoms with Crippen LogP contribution >= 0.6 is 11.3 Å². The molecule has 4 rings (SSSR count). The molecule has 0 aliphatic carbocycles. The lowest BCUT2D eigenvalue weighted by Gasteiger charge is -2.06. The molecule has 0 atom stereocenters. The fourth-order valence-corrected chi connectivity index (χ4v) is 4.67. The largest absolute Gasteiger partial charge is 0.343 e. The van der Waals surface area contributed by atoms with E-state index in [2.05, 4.69) is 21.7 Å². The van der Waals surface area contributed by atoms with Gasteiger partial charge in [-0.05, 0) is 34.9 Å². The van der Waals surface area contributed by atoms with Gasteiger partial charge in [-0.1, -0.05) is 36.4 Å². The summed E-state index contributed by atoms with van der Waals surface area (Å²) >= 11 is 1.27. The van der Waals surface area contributed by atoms with Gasteiger partial charge in [0.05, 0.1) is 24.1 Å². The molecule has 180 valence electrons. The van der Waals surface area contributed by atoms with Gasteiger partial charge >= 0.3 is 0 Å². The number of amides is 2. The van der Waals surface area contributed by atoms with Gasteiger partial charge in [0, 0.05) is 29.9 Å². The average molecular weight is 510 g/mol. The molecular weight excluding hydrogens is 486 g/mol. The normalized spacial score (nSPS) is 11.3. The van der Waals surface area contributed by atoms with Crippen molar-refractivity contribution in [3.63, 3.8) is 0 Å². The highest BCUT2D eigenvalue weighted by Gasteiger charge is 2.14. The minimum atomic E-state index is -3.48. The highest BCUT2D eigenvalue weighted by molar-refractivity contribution is 7.89. The van der Waals surface area contributed by atoms with Gasteiger partial charge in [-0.15, -0.1) is 11.3 Å². The van der Waals surface area contributed by atoms with Gasteiger partial charge in [0.2, 0.25) is 15.9 Å². The molecule has 2 heterocycles. The Kier molecular flexibility index (Phi) is 7.10. The van der Waals surface area contributed by atoms with Crippen molar-refractivity contribution in [3.8, 4) is 22.4 Å². The fraction of sp³-hybridized carbons (Fsp3) is 0.125. The summed E-state index contributed by atoms with van der Waals surface area (Å²) < 4.78 is 24.0.